The van der Waals surface area contributed by atoms with Gasteiger partial charge in [0.2, 0.25) is 0 Å². The van der Waals surface area contributed by atoms with Gasteiger partial charge in [-0.05, 0) is 6.92 Å². The summed E-state index contributed by atoms with van der Waals surface area (Å²) in [6.45, 7) is 2.34. The van der Waals surface area contributed by atoms with E-state index in [2.05, 4.69) is 22.3 Å². The van der Waals surface area contributed by atoms with Crippen LogP contribution in [0.2, 0.25) is 0 Å². The fraction of sp³-hybridized carbons (Fsp3) is 0.600. The molecule has 0 heterocycles. The minimum absolute atomic E-state index is 0.164. The van der Waals surface area contributed by atoms with Crippen molar-refractivity contribution in [3.63, 3.8) is 0 Å². The summed E-state index contributed by atoms with van der Waals surface area (Å²) in [5, 5.41) is 2.55. The van der Waals surface area contributed by atoms with Crippen LogP contribution in [0.25, 0.3) is 0 Å². The van der Waals surface area contributed by atoms with Crippen molar-refractivity contribution in [1.82, 2.24) is 5.32 Å². The van der Waals surface area contributed by atoms with Gasteiger partial charge in [0, 0.05) is 0 Å². The van der Waals surface area contributed by atoms with E-state index in [4.69, 9.17) is 0 Å². The maximum atomic E-state index is 10.5. The Hall–Kier alpha value is -0.640. The van der Waals surface area contributed by atoms with E-state index in [9.17, 15) is 4.79 Å². The summed E-state index contributed by atoms with van der Waals surface area (Å²) in [4.78, 5) is 10.5. The monoisotopic (exact) mass is 147 g/mol. The molecule has 0 atom stereocenters. The first-order valence-electron chi connectivity index (χ1n) is 2.64. The van der Waals surface area contributed by atoms with E-state index in [-0.39, 0.29) is 12.5 Å². The normalized spacial score (nSPS) is 8.11. The van der Waals surface area contributed by atoms with Crippen molar-refractivity contribution in [3.8, 4) is 0 Å². The van der Waals surface area contributed by atoms with Crippen LogP contribution in [-0.2, 0) is 9.53 Å². The van der Waals surface area contributed by atoms with Crippen molar-refractivity contribution in [1.29, 1.82) is 0 Å². The number of thiocarbonyl (C=S) groups is 1. The first kappa shape index (κ1) is 8.36. The Morgan fingerprint density at radius 1 is 1.89 bits per heavy atom. The van der Waals surface area contributed by atoms with Gasteiger partial charge in [0.15, 0.2) is 0 Å². The van der Waals surface area contributed by atoms with Gasteiger partial charge in [-0.3, -0.25) is 4.79 Å². The molecule has 0 rings (SSSR count). The van der Waals surface area contributed by atoms with E-state index in [1.165, 1.54) is 5.49 Å². The second-order valence-electron chi connectivity index (χ2n) is 1.30. The molecule has 0 aliphatic rings. The molecule has 0 spiro atoms. The molecule has 0 fully saturated rings. The van der Waals surface area contributed by atoms with Crippen LogP contribution in [0.4, 0.5) is 0 Å². The molecule has 0 aromatic rings. The molecule has 0 aliphatic heterocycles. The van der Waals surface area contributed by atoms with Crippen molar-refractivity contribution in [2.24, 2.45) is 0 Å². The average Bonchev–Trinajstić information content (AvgIpc) is 1.85. The van der Waals surface area contributed by atoms with Crippen LogP contribution in [0.3, 0.4) is 0 Å². The highest BCUT2D eigenvalue weighted by Gasteiger charge is 1.95. The Bertz CT molecular complexity index is 105. The third-order valence-electron chi connectivity index (χ3n) is 0.635. The minimum Gasteiger partial charge on any atom is -0.465 e. The lowest BCUT2D eigenvalue weighted by Crippen LogP contribution is -2.22. The van der Waals surface area contributed by atoms with Gasteiger partial charge in [-0.1, -0.05) is 12.2 Å². The summed E-state index contributed by atoms with van der Waals surface area (Å²) < 4.78 is 4.58. The van der Waals surface area contributed by atoms with Crippen molar-refractivity contribution in [2.75, 3.05) is 13.2 Å². The van der Waals surface area contributed by atoms with Crippen LogP contribution in [-0.4, -0.2) is 24.6 Å². The fourth-order valence-electron chi connectivity index (χ4n) is 0.337. The number of hydrogen-bond acceptors (Lipinski definition) is 3. The summed E-state index contributed by atoms with van der Waals surface area (Å²) in [7, 11) is 0. The maximum Gasteiger partial charge on any atom is 0.325 e. The van der Waals surface area contributed by atoms with E-state index in [0.717, 1.165) is 0 Å². The molecule has 1 N–H and O–H groups in total. The molecule has 0 bridgehead atoms. The van der Waals surface area contributed by atoms with Gasteiger partial charge in [-0.15, -0.1) is 0 Å². The van der Waals surface area contributed by atoms with Crippen molar-refractivity contribution in [2.45, 2.75) is 6.92 Å². The molecule has 0 aromatic heterocycles. The zero-order valence-corrected chi connectivity index (χ0v) is 6.03. The van der Waals surface area contributed by atoms with Crippen LogP contribution >= 0.6 is 12.2 Å². The van der Waals surface area contributed by atoms with Crippen LogP contribution in [0.15, 0.2) is 0 Å². The maximum absolute atomic E-state index is 10.5. The highest BCUT2D eigenvalue weighted by Crippen LogP contribution is 1.72. The molecule has 0 unspecified atom stereocenters. The molecule has 0 saturated heterocycles. The SMILES string of the molecule is CCOC(=O)CNC=S. The van der Waals surface area contributed by atoms with E-state index >= 15 is 0 Å². The Balaban J connectivity index is 3.16. The van der Waals surface area contributed by atoms with Crippen molar-refractivity contribution >= 4 is 23.7 Å². The van der Waals surface area contributed by atoms with Crippen molar-refractivity contribution < 1.29 is 9.53 Å². The van der Waals surface area contributed by atoms with E-state index in [1.807, 2.05) is 0 Å². The number of esters is 1. The summed E-state index contributed by atoms with van der Waals surface area (Å²) >= 11 is 4.41. The zero-order chi connectivity index (χ0) is 7.11. The molecule has 0 aliphatic carbocycles. The molecular weight excluding hydrogens is 138 g/mol. The first-order chi connectivity index (χ1) is 4.31. The third kappa shape index (κ3) is 5.23. The molecule has 0 radical (unpaired) electrons. The first-order valence-corrected chi connectivity index (χ1v) is 3.11. The average molecular weight is 147 g/mol. The van der Waals surface area contributed by atoms with Gasteiger partial charge < -0.3 is 10.1 Å². The molecule has 0 saturated carbocycles. The standard InChI is InChI=1S/C5H9NO2S/c1-2-8-5(7)3-6-4-9/h4H,2-3H2,1H3,(H,6,9). The number of carbonyl (C=O) groups is 1. The highest BCUT2D eigenvalue weighted by molar-refractivity contribution is 7.78. The van der Waals surface area contributed by atoms with E-state index in [0.29, 0.717) is 6.61 Å². The van der Waals surface area contributed by atoms with Gasteiger partial charge >= 0.3 is 5.97 Å². The van der Waals surface area contributed by atoms with Gasteiger partial charge in [-0.2, -0.15) is 0 Å². The molecule has 4 heteroatoms. The Kier molecular flexibility index (Phi) is 5.11. The topological polar surface area (TPSA) is 38.3 Å². The number of hydrogen-bond donors (Lipinski definition) is 1. The zero-order valence-electron chi connectivity index (χ0n) is 5.22. The molecule has 0 amide bonds. The highest BCUT2D eigenvalue weighted by atomic mass is 32.1. The number of ether oxygens (including phenoxy) is 1. The Labute approximate surface area is 59.4 Å². The summed E-state index contributed by atoms with van der Waals surface area (Å²) in [6, 6.07) is 0. The summed E-state index contributed by atoms with van der Waals surface area (Å²) in [5.41, 5.74) is 1.29. The minimum atomic E-state index is -0.279. The predicted octanol–water partition coefficient (Wildman–Crippen LogP) is 0.0963. The molecule has 3 nitrogen and oxygen atoms in total. The summed E-state index contributed by atoms with van der Waals surface area (Å²) in [5.74, 6) is -0.279. The van der Waals surface area contributed by atoms with Crippen molar-refractivity contribution in [3.05, 3.63) is 0 Å². The number of rotatable bonds is 4. The second-order valence-corrected chi connectivity index (χ2v) is 1.54. The predicted molar refractivity (Wildman–Crippen MR) is 38.3 cm³/mol. The van der Waals surface area contributed by atoms with Crippen LogP contribution in [0, 0.1) is 0 Å². The van der Waals surface area contributed by atoms with Gasteiger partial charge in [0.05, 0.1) is 12.1 Å². The molecule has 9 heavy (non-hydrogen) atoms. The molecule has 0 aromatic carbocycles. The quantitative estimate of drug-likeness (QED) is 0.452. The molecule has 52 valence electrons. The molecular formula is C5H9NO2S. The van der Waals surface area contributed by atoms with Crippen LogP contribution in [0.5, 0.6) is 0 Å². The summed E-state index contributed by atoms with van der Waals surface area (Å²) in [6.07, 6.45) is 0. The van der Waals surface area contributed by atoms with Gasteiger partial charge in [-0.25, -0.2) is 0 Å². The fourth-order valence-corrected chi connectivity index (χ4v) is 0.420. The van der Waals surface area contributed by atoms with Crippen LogP contribution < -0.4 is 5.32 Å². The van der Waals surface area contributed by atoms with E-state index < -0.39 is 0 Å². The van der Waals surface area contributed by atoms with Crippen LogP contribution in [0.1, 0.15) is 6.92 Å². The van der Waals surface area contributed by atoms with Gasteiger partial charge in [0.1, 0.15) is 6.54 Å². The number of nitrogens with one attached hydrogen (secondary N) is 1. The largest absolute Gasteiger partial charge is 0.465 e. The lowest BCUT2D eigenvalue weighted by atomic mass is 10.6. The smallest absolute Gasteiger partial charge is 0.325 e. The Morgan fingerprint density at radius 3 is 3.00 bits per heavy atom. The second kappa shape index (κ2) is 5.50. The third-order valence-corrected chi connectivity index (χ3v) is 0.802. The van der Waals surface area contributed by atoms with E-state index in [1.54, 1.807) is 6.92 Å². The lowest BCUT2D eigenvalue weighted by molar-refractivity contribution is -0.141. The lowest BCUT2D eigenvalue weighted by Gasteiger charge is -1.98. The Morgan fingerprint density at radius 2 is 2.56 bits per heavy atom. The van der Waals surface area contributed by atoms with Gasteiger partial charge in [0.25, 0.3) is 0 Å². The number of carbonyl (C=O) groups excluding carboxylic acids is 1.